The van der Waals surface area contributed by atoms with Gasteiger partial charge in [0, 0.05) is 0 Å². The van der Waals surface area contributed by atoms with Gasteiger partial charge in [-0.25, -0.2) is 0 Å². The van der Waals surface area contributed by atoms with Crippen LogP contribution in [-0.2, 0) is 5.54 Å². The van der Waals surface area contributed by atoms with Crippen molar-refractivity contribution in [3.63, 3.8) is 0 Å². The van der Waals surface area contributed by atoms with Crippen molar-refractivity contribution in [1.29, 1.82) is 0 Å². The Morgan fingerprint density at radius 3 is 2.90 bits per heavy atom. The Morgan fingerprint density at radius 2 is 2.14 bits per heavy atom. The van der Waals surface area contributed by atoms with Crippen LogP contribution in [0.15, 0.2) is 10.6 Å². The SMILES string of the molecule is Cc1cc(-c2nc(C3(N)CCCC(C)C3)no2)c(C)nn1. The number of hydrogen-bond acceptors (Lipinski definition) is 6. The van der Waals surface area contributed by atoms with Crippen molar-refractivity contribution < 1.29 is 4.52 Å². The fourth-order valence-corrected chi connectivity index (χ4v) is 3.10. The predicted octanol–water partition coefficient (Wildman–Crippen LogP) is 2.51. The van der Waals surface area contributed by atoms with Gasteiger partial charge in [-0.1, -0.05) is 24.9 Å². The average molecular weight is 287 g/mol. The summed E-state index contributed by atoms with van der Waals surface area (Å²) in [5.74, 6) is 1.68. The molecule has 2 heterocycles. The zero-order chi connectivity index (χ0) is 15.0. The van der Waals surface area contributed by atoms with Crippen LogP contribution in [0.4, 0.5) is 0 Å². The minimum atomic E-state index is -0.469. The third-order valence-electron chi connectivity index (χ3n) is 4.24. The lowest BCUT2D eigenvalue weighted by molar-refractivity contribution is 0.222. The first kappa shape index (κ1) is 14.1. The fraction of sp³-hybridized carbons (Fsp3) is 0.600. The molecule has 1 fully saturated rings. The van der Waals surface area contributed by atoms with Crippen LogP contribution >= 0.6 is 0 Å². The minimum Gasteiger partial charge on any atom is -0.334 e. The molecule has 2 atom stereocenters. The summed E-state index contributed by atoms with van der Waals surface area (Å²) in [5, 5.41) is 12.3. The van der Waals surface area contributed by atoms with E-state index in [-0.39, 0.29) is 0 Å². The van der Waals surface area contributed by atoms with Crippen molar-refractivity contribution in [2.24, 2.45) is 11.7 Å². The van der Waals surface area contributed by atoms with E-state index in [4.69, 9.17) is 10.3 Å². The standard InChI is InChI=1S/C15H21N5O/c1-9-5-4-6-15(16,8-9)14-17-13(21-20-14)12-7-10(2)18-19-11(12)3/h7,9H,4-6,8,16H2,1-3H3. The van der Waals surface area contributed by atoms with Gasteiger partial charge in [-0.2, -0.15) is 15.2 Å². The molecule has 2 unspecified atom stereocenters. The molecule has 1 aliphatic carbocycles. The second kappa shape index (κ2) is 5.18. The van der Waals surface area contributed by atoms with Crippen LogP contribution in [0.25, 0.3) is 11.5 Å². The highest BCUT2D eigenvalue weighted by atomic mass is 16.5. The van der Waals surface area contributed by atoms with E-state index in [0.717, 1.165) is 36.2 Å². The molecule has 0 aromatic carbocycles. The van der Waals surface area contributed by atoms with Gasteiger partial charge < -0.3 is 10.3 Å². The molecule has 0 spiro atoms. The molecule has 0 saturated heterocycles. The van der Waals surface area contributed by atoms with E-state index < -0.39 is 5.54 Å². The first-order valence-electron chi connectivity index (χ1n) is 7.42. The highest BCUT2D eigenvalue weighted by Gasteiger charge is 2.37. The monoisotopic (exact) mass is 287 g/mol. The first-order valence-corrected chi connectivity index (χ1v) is 7.42. The van der Waals surface area contributed by atoms with Crippen molar-refractivity contribution >= 4 is 0 Å². The average Bonchev–Trinajstić information content (AvgIpc) is 2.91. The van der Waals surface area contributed by atoms with Crippen LogP contribution in [-0.4, -0.2) is 20.3 Å². The number of hydrogen-bond donors (Lipinski definition) is 1. The molecule has 6 heteroatoms. The van der Waals surface area contributed by atoms with E-state index in [9.17, 15) is 0 Å². The lowest BCUT2D eigenvalue weighted by atomic mass is 9.76. The van der Waals surface area contributed by atoms with Crippen molar-refractivity contribution in [2.45, 2.75) is 52.0 Å². The summed E-state index contributed by atoms with van der Waals surface area (Å²) in [6, 6.07) is 1.91. The van der Waals surface area contributed by atoms with Crippen molar-refractivity contribution in [3.05, 3.63) is 23.3 Å². The van der Waals surface area contributed by atoms with E-state index in [1.807, 2.05) is 19.9 Å². The van der Waals surface area contributed by atoms with Crippen LogP contribution in [0.5, 0.6) is 0 Å². The fourth-order valence-electron chi connectivity index (χ4n) is 3.10. The largest absolute Gasteiger partial charge is 0.334 e. The molecule has 1 aliphatic rings. The third-order valence-corrected chi connectivity index (χ3v) is 4.24. The minimum absolute atomic E-state index is 0.469. The lowest BCUT2D eigenvalue weighted by Crippen LogP contribution is -2.42. The maximum absolute atomic E-state index is 6.52. The summed E-state index contributed by atoms with van der Waals surface area (Å²) in [6.07, 6.45) is 4.13. The Kier molecular flexibility index (Phi) is 3.49. The summed E-state index contributed by atoms with van der Waals surface area (Å²) in [6.45, 7) is 6.00. The maximum atomic E-state index is 6.52. The zero-order valence-electron chi connectivity index (χ0n) is 12.8. The van der Waals surface area contributed by atoms with Gasteiger partial charge in [-0.05, 0) is 38.7 Å². The normalized spacial score (nSPS) is 26.0. The molecule has 3 rings (SSSR count). The predicted molar refractivity (Wildman–Crippen MR) is 78.3 cm³/mol. The van der Waals surface area contributed by atoms with Crippen molar-refractivity contribution in [3.8, 4) is 11.5 Å². The van der Waals surface area contributed by atoms with E-state index in [2.05, 4.69) is 27.3 Å². The number of nitrogens with zero attached hydrogens (tertiary/aromatic N) is 4. The third kappa shape index (κ3) is 2.68. The van der Waals surface area contributed by atoms with Gasteiger partial charge in [0.2, 0.25) is 0 Å². The second-order valence-electron chi connectivity index (χ2n) is 6.27. The molecule has 2 N–H and O–H groups in total. The Hall–Kier alpha value is -1.82. The number of aryl methyl sites for hydroxylation is 2. The summed E-state index contributed by atoms with van der Waals surface area (Å²) in [5.41, 5.74) is 8.48. The van der Waals surface area contributed by atoms with Gasteiger partial charge in [-0.3, -0.25) is 0 Å². The molecule has 0 amide bonds. The van der Waals surface area contributed by atoms with E-state index >= 15 is 0 Å². The van der Waals surface area contributed by atoms with Crippen LogP contribution in [0.1, 0.15) is 49.8 Å². The lowest BCUT2D eigenvalue weighted by Gasteiger charge is -2.33. The summed E-state index contributed by atoms with van der Waals surface area (Å²) in [7, 11) is 0. The van der Waals surface area contributed by atoms with Gasteiger partial charge in [0.15, 0.2) is 5.82 Å². The Bertz CT molecular complexity index is 653. The van der Waals surface area contributed by atoms with Crippen LogP contribution in [0, 0.1) is 19.8 Å². The second-order valence-corrected chi connectivity index (χ2v) is 6.27. The molecule has 21 heavy (non-hydrogen) atoms. The van der Waals surface area contributed by atoms with Gasteiger partial charge >= 0.3 is 0 Å². The van der Waals surface area contributed by atoms with Crippen molar-refractivity contribution in [1.82, 2.24) is 20.3 Å². The molecule has 1 saturated carbocycles. The number of rotatable bonds is 2. The molecule has 112 valence electrons. The molecule has 6 nitrogen and oxygen atoms in total. The molecule has 0 bridgehead atoms. The smallest absolute Gasteiger partial charge is 0.259 e. The van der Waals surface area contributed by atoms with Gasteiger partial charge in [0.05, 0.1) is 22.5 Å². The number of aromatic nitrogens is 4. The van der Waals surface area contributed by atoms with Crippen LogP contribution < -0.4 is 5.73 Å². The van der Waals surface area contributed by atoms with Gasteiger partial charge in [0.1, 0.15) is 0 Å². The van der Waals surface area contributed by atoms with Crippen LogP contribution in [0.3, 0.4) is 0 Å². The number of nitrogens with two attached hydrogens (primary N) is 1. The van der Waals surface area contributed by atoms with E-state index in [1.54, 1.807) is 0 Å². The summed E-state index contributed by atoms with van der Waals surface area (Å²) in [4.78, 5) is 4.54. The Morgan fingerprint density at radius 1 is 1.33 bits per heavy atom. The van der Waals surface area contributed by atoms with Gasteiger partial charge in [-0.15, -0.1) is 0 Å². The maximum Gasteiger partial charge on any atom is 0.259 e. The molecular weight excluding hydrogens is 266 g/mol. The quantitative estimate of drug-likeness (QED) is 0.912. The first-order chi connectivity index (χ1) is 9.98. The summed E-state index contributed by atoms with van der Waals surface area (Å²) < 4.78 is 5.43. The molecule has 0 aliphatic heterocycles. The summed E-state index contributed by atoms with van der Waals surface area (Å²) >= 11 is 0. The van der Waals surface area contributed by atoms with Crippen LogP contribution in [0.2, 0.25) is 0 Å². The van der Waals surface area contributed by atoms with Gasteiger partial charge in [0.25, 0.3) is 5.89 Å². The van der Waals surface area contributed by atoms with Crippen molar-refractivity contribution in [2.75, 3.05) is 0 Å². The molecule has 2 aromatic rings. The topological polar surface area (TPSA) is 90.7 Å². The highest BCUT2D eigenvalue weighted by Crippen LogP contribution is 2.37. The molecule has 2 aromatic heterocycles. The highest BCUT2D eigenvalue weighted by molar-refractivity contribution is 5.55. The van der Waals surface area contributed by atoms with E-state index in [1.165, 1.54) is 6.42 Å². The Balaban J connectivity index is 1.94. The zero-order valence-corrected chi connectivity index (χ0v) is 12.8. The molecule has 0 radical (unpaired) electrons. The Labute approximate surface area is 124 Å². The molecular formula is C15H21N5O. The van der Waals surface area contributed by atoms with E-state index in [0.29, 0.717) is 17.6 Å².